The Morgan fingerprint density at radius 1 is 0.964 bits per heavy atom. The first-order chi connectivity index (χ1) is 13.5. The van der Waals surface area contributed by atoms with Crippen molar-refractivity contribution in [3.63, 3.8) is 0 Å². The highest BCUT2D eigenvalue weighted by molar-refractivity contribution is 7.99. The third kappa shape index (κ3) is 5.61. The fourth-order valence-electron chi connectivity index (χ4n) is 3.56. The number of hydrogen-bond donors (Lipinski definition) is 2. The van der Waals surface area contributed by atoms with Gasteiger partial charge in [-0.15, -0.1) is 0 Å². The molecule has 0 aliphatic heterocycles. The molecule has 0 radical (unpaired) electrons. The van der Waals surface area contributed by atoms with Gasteiger partial charge in [-0.05, 0) is 79.7 Å². The third-order valence-corrected chi connectivity index (χ3v) is 6.10. The van der Waals surface area contributed by atoms with Crippen molar-refractivity contribution < 1.29 is 9.59 Å². The summed E-state index contributed by atoms with van der Waals surface area (Å²) in [5.41, 5.74) is 6.72. The van der Waals surface area contributed by atoms with E-state index in [4.69, 9.17) is 0 Å². The van der Waals surface area contributed by atoms with E-state index < -0.39 is 0 Å². The van der Waals surface area contributed by atoms with Crippen LogP contribution in [0.5, 0.6) is 0 Å². The van der Waals surface area contributed by atoms with Crippen LogP contribution in [0, 0.1) is 13.8 Å². The van der Waals surface area contributed by atoms with E-state index in [0.717, 1.165) is 47.5 Å². The van der Waals surface area contributed by atoms with Crippen LogP contribution in [0.4, 0.5) is 11.4 Å². The quantitative estimate of drug-likeness (QED) is 0.625. The lowest BCUT2D eigenvalue weighted by Gasteiger charge is -2.11. The number of thioether (sulfide) groups is 1. The summed E-state index contributed by atoms with van der Waals surface area (Å²) in [5, 5.41) is 5.98. The lowest BCUT2D eigenvalue weighted by Crippen LogP contribution is -2.15. The van der Waals surface area contributed by atoms with Gasteiger partial charge in [0.15, 0.2) is 0 Å². The summed E-state index contributed by atoms with van der Waals surface area (Å²) in [6, 6.07) is 12.2. The minimum atomic E-state index is 0.0166. The van der Waals surface area contributed by atoms with Gasteiger partial charge in [0.25, 0.3) is 0 Å². The fourth-order valence-corrected chi connectivity index (χ4v) is 4.31. The molecule has 0 bridgehead atoms. The molecule has 2 aromatic rings. The molecule has 0 aromatic heterocycles. The Morgan fingerprint density at radius 3 is 2.50 bits per heavy atom. The lowest BCUT2D eigenvalue weighted by atomic mass is 10.1. The summed E-state index contributed by atoms with van der Waals surface area (Å²) >= 11 is 1.57. The topological polar surface area (TPSA) is 58.2 Å². The van der Waals surface area contributed by atoms with Crippen molar-refractivity contribution in [2.75, 3.05) is 22.1 Å². The zero-order valence-electron chi connectivity index (χ0n) is 16.6. The first-order valence-electron chi connectivity index (χ1n) is 9.88. The van der Waals surface area contributed by atoms with E-state index in [0.29, 0.717) is 12.2 Å². The van der Waals surface area contributed by atoms with Crippen LogP contribution in [0.3, 0.4) is 0 Å². The largest absolute Gasteiger partial charge is 0.326 e. The Kier molecular flexibility index (Phi) is 7.15. The predicted octanol–water partition coefficient (Wildman–Crippen LogP) is 4.88. The predicted molar refractivity (Wildman–Crippen MR) is 118 cm³/mol. The van der Waals surface area contributed by atoms with Gasteiger partial charge in [0, 0.05) is 17.8 Å². The van der Waals surface area contributed by atoms with Gasteiger partial charge >= 0.3 is 0 Å². The molecule has 1 aliphatic rings. The number of amides is 2. The normalized spacial score (nSPS) is 12.5. The molecule has 0 unspecified atom stereocenters. The smallest absolute Gasteiger partial charge is 0.234 e. The SMILES string of the molecule is Cc1cccc(C)c1NC(=O)CCCSCC(=O)Nc1ccc2c(c1)CCC2. The van der Waals surface area contributed by atoms with Gasteiger partial charge in [0.2, 0.25) is 11.8 Å². The van der Waals surface area contributed by atoms with Gasteiger partial charge in [0.05, 0.1) is 5.75 Å². The van der Waals surface area contributed by atoms with Crippen LogP contribution in [-0.4, -0.2) is 23.3 Å². The Labute approximate surface area is 171 Å². The van der Waals surface area contributed by atoms with Crippen LogP contribution in [-0.2, 0) is 22.4 Å². The van der Waals surface area contributed by atoms with E-state index in [1.807, 2.05) is 38.1 Å². The molecular weight excluding hydrogens is 368 g/mol. The first kappa shape index (κ1) is 20.5. The van der Waals surface area contributed by atoms with Gasteiger partial charge in [0.1, 0.15) is 0 Å². The molecule has 0 heterocycles. The number of nitrogens with one attached hydrogen (secondary N) is 2. The molecule has 0 saturated heterocycles. The molecule has 4 nitrogen and oxygen atoms in total. The Bertz CT molecular complexity index is 843. The highest BCUT2D eigenvalue weighted by Gasteiger charge is 2.12. The summed E-state index contributed by atoms with van der Waals surface area (Å²) in [5.74, 6) is 1.25. The maximum atomic E-state index is 12.1. The Morgan fingerprint density at radius 2 is 1.71 bits per heavy atom. The van der Waals surface area contributed by atoms with Gasteiger partial charge in [-0.3, -0.25) is 9.59 Å². The zero-order chi connectivity index (χ0) is 19.9. The van der Waals surface area contributed by atoms with Crippen molar-refractivity contribution in [1.29, 1.82) is 0 Å². The summed E-state index contributed by atoms with van der Waals surface area (Å²) in [6.07, 6.45) is 4.69. The monoisotopic (exact) mass is 396 g/mol. The van der Waals surface area contributed by atoms with Crippen LogP contribution in [0.15, 0.2) is 36.4 Å². The van der Waals surface area contributed by atoms with Crippen molar-refractivity contribution in [2.24, 2.45) is 0 Å². The molecule has 28 heavy (non-hydrogen) atoms. The number of para-hydroxylation sites is 1. The fraction of sp³-hybridized carbons (Fsp3) is 0.391. The van der Waals surface area contributed by atoms with Gasteiger partial charge in [-0.25, -0.2) is 0 Å². The molecule has 0 saturated carbocycles. The number of aryl methyl sites for hydroxylation is 4. The second-order valence-corrected chi connectivity index (χ2v) is 8.46. The van der Waals surface area contributed by atoms with Gasteiger partial charge < -0.3 is 10.6 Å². The lowest BCUT2D eigenvalue weighted by molar-refractivity contribution is -0.116. The molecule has 3 rings (SSSR count). The van der Waals surface area contributed by atoms with Crippen molar-refractivity contribution in [2.45, 2.75) is 46.0 Å². The number of hydrogen-bond acceptors (Lipinski definition) is 3. The average Bonchev–Trinajstić information content (AvgIpc) is 3.12. The average molecular weight is 397 g/mol. The van der Waals surface area contributed by atoms with Gasteiger partial charge in [-0.2, -0.15) is 11.8 Å². The maximum absolute atomic E-state index is 12.1. The molecule has 5 heteroatoms. The van der Waals surface area contributed by atoms with E-state index in [1.54, 1.807) is 11.8 Å². The van der Waals surface area contributed by atoms with Crippen molar-refractivity contribution in [1.82, 2.24) is 0 Å². The summed E-state index contributed by atoms with van der Waals surface area (Å²) in [6.45, 7) is 4.00. The Hall–Kier alpha value is -2.27. The van der Waals surface area contributed by atoms with E-state index >= 15 is 0 Å². The van der Waals surface area contributed by atoms with Crippen molar-refractivity contribution in [3.05, 3.63) is 58.7 Å². The molecule has 2 aromatic carbocycles. The number of rotatable bonds is 8. The van der Waals surface area contributed by atoms with E-state index in [-0.39, 0.29) is 11.8 Å². The summed E-state index contributed by atoms with van der Waals surface area (Å²) in [4.78, 5) is 24.3. The molecule has 2 amide bonds. The number of carbonyl (C=O) groups is 2. The van der Waals surface area contributed by atoms with Crippen molar-refractivity contribution >= 4 is 35.0 Å². The highest BCUT2D eigenvalue weighted by atomic mass is 32.2. The van der Waals surface area contributed by atoms with Crippen LogP contribution < -0.4 is 10.6 Å². The third-order valence-electron chi connectivity index (χ3n) is 5.05. The molecule has 0 atom stereocenters. The number of fused-ring (bicyclic) bond motifs is 1. The minimum absolute atomic E-state index is 0.0166. The molecule has 148 valence electrons. The zero-order valence-corrected chi connectivity index (χ0v) is 17.5. The second kappa shape index (κ2) is 9.78. The van der Waals surface area contributed by atoms with E-state index in [1.165, 1.54) is 17.5 Å². The maximum Gasteiger partial charge on any atom is 0.234 e. The molecule has 1 aliphatic carbocycles. The van der Waals surface area contributed by atoms with Crippen molar-refractivity contribution in [3.8, 4) is 0 Å². The standard InChI is InChI=1S/C23H28N2O2S/c1-16-6-3-7-17(2)23(16)25-21(26)10-5-13-28-15-22(27)24-20-12-11-18-8-4-9-19(18)14-20/h3,6-7,11-12,14H,4-5,8-10,13,15H2,1-2H3,(H,24,27)(H,25,26). The van der Waals surface area contributed by atoms with Crippen LogP contribution in [0.1, 0.15) is 41.5 Å². The van der Waals surface area contributed by atoms with E-state index in [2.05, 4.69) is 22.8 Å². The highest BCUT2D eigenvalue weighted by Crippen LogP contribution is 2.25. The molecule has 2 N–H and O–H groups in total. The number of carbonyl (C=O) groups excluding carboxylic acids is 2. The molecule has 0 fully saturated rings. The van der Waals surface area contributed by atoms with Crippen LogP contribution in [0.25, 0.3) is 0 Å². The number of benzene rings is 2. The minimum Gasteiger partial charge on any atom is -0.326 e. The van der Waals surface area contributed by atoms with Crippen LogP contribution in [0.2, 0.25) is 0 Å². The second-order valence-electron chi connectivity index (χ2n) is 7.36. The van der Waals surface area contributed by atoms with Crippen LogP contribution >= 0.6 is 11.8 Å². The first-order valence-corrected chi connectivity index (χ1v) is 11.0. The molecule has 0 spiro atoms. The van der Waals surface area contributed by atoms with E-state index in [9.17, 15) is 9.59 Å². The number of anilines is 2. The summed E-state index contributed by atoms with van der Waals surface area (Å²) in [7, 11) is 0. The summed E-state index contributed by atoms with van der Waals surface area (Å²) < 4.78 is 0. The molecular formula is C23H28N2O2S. The van der Waals surface area contributed by atoms with Gasteiger partial charge in [-0.1, -0.05) is 24.3 Å². The Balaban J connectivity index is 1.33.